The summed E-state index contributed by atoms with van der Waals surface area (Å²) in [6.45, 7) is 1.03. The number of rotatable bonds is 3. The number of nitriles is 1. The number of carbonyl (C=O) groups is 1. The van der Waals surface area contributed by atoms with Gasteiger partial charge in [-0.25, -0.2) is 4.79 Å². The lowest BCUT2D eigenvalue weighted by Crippen LogP contribution is -2.32. The Balaban J connectivity index is 2.33. The highest BCUT2D eigenvalue weighted by Crippen LogP contribution is 2.14. The molecule has 6 nitrogen and oxygen atoms in total. The van der Waals surface area contributed by atoms with Crippen molar-refractivity contribution in [2.75, 3.05) is 13.7 Å². The molecule has 2 rings (SSSR count). The fourth-order valence-electron chi connectivity index (χ4n) is 2.25. The minimum Gasteiger partial charge on any atom is -0.465 e. The molecule has 20 heavy (non-hydrogen) atoms. The summed E-state index contributed by atoms with van der Waals surface area (Å²) in [5.74, 6) is -0.570. The highest BCUT2D eigenvalue weighted by molar-refractivity contribution is 5.89. The monoisotopic (exact) mass is 276 g/mol. The van der Waals surface area contributed by atoms with Gasteiger partial charge in [0.15, 0.2) is 0 Å². The number of methoxy groups -OCH3 is 1. The average molecular weight is 276 g/mol. The highest BCUT2D eigenvalue weighted by Gasteiger charge is 2.18. The number of carbonyl (C=O) groups excluding carboxylic acids is 1. The molecule has 1 aliphatic rings. The van der Waals surface area contributed by atoms with Gasteiger partial charge in [-0.3, -0.25) is 4.79 Å². The molecule has 0 unspecified atom stereocenters. The normalized spacial score (nSPS) is 18.3. The Kier molecular flexibility index (Phi) is 4.53. The third kappa shape index (κ3) is 3.06. The van der Waals surface area contributed by atoms with Gasteiger partial charge in [-0.15, -0.1) is 0 Å². The molecule has 0 radical (unpaired) electrons. The van der Waals surface area contributed by atoms with E-state index in [2.05, 4.69) is 4.74 Å². The van der Waals surface area contributed by atoms with E-state index in [0.29, 0.717) is 13.2 Å². The van der Waals surface area contributed by atoms with Crippen LogP contribution in [0.2, 0.25) is 0 Å². The van der Waals surface area contributed by atoms with Crippen LogP contribution in [0.25, 0.3) is 0 Å². The molecule has 1 saturated heterocycles. The second-order valence-electron chi connectivity index (χ2n) is 4.69. The molecule has 0 aromatic carbocycles. The summed E-state index contributed by atoms with van der Waals surface area (Å²) >= 11 is 0. The number of pyridine rings is 1. The zero-order chi connectivity index (χ0) is 14.5. The van der Waals surface area contributed by atoms with Crippen molar-refractivity contribution in [3.05, 3.63) is 33.7 Å². The van der Waals surface area contributed by atoms with Gasteiger partial charge in [-0.1, -0.05) is 0 Å². The topological polar surface area (TPSA) is 81.3 Å². The second-order valence-corrected chi connectivity index (χ2v) is 4.69. The summed E-state index contributed by atoms with van der Waals surface area (Å²) in [7, 11) is 1.26. The minimum atomic E-state index is -0.570. The molecule has 1 fully saturated rings. The standard InChI is InChI=1S/C14H16N2O4/c1-19-14(18)11-6-10(7-15)13(17)16(8-11)9-12-4-2-3-5-20-12/h6,8,12H,2-5,9H2,1H3/t12-/m0/s1. The van der Waals surface area contributed by atoms with Crippen LogP contribution in [0.1, 0.15) is 35.2 Å². The molecule has 1 aliphatic heterocycles. The Bertz CT molecular complexity index is 594. The molecule has 106 valence electrons. The van der Waals surface area contributed by atoms with Crippen molar-refractivity contribution >= 4 is 5.97 Å². The number of hydrogen-bond donors (Lipinski definition) is 0. The van der Waals surface area contributed by atoms with Gasteiger partial charge in [0.25, 0.3) is 5.56 Å². The molecule has 0 amide bonds. The van der Waals surface area contributed by atoms with Crippen molar-refractivity contribution in [2.45, 2.75) is 31.9 Å². The first-order chi connectivity index (χ1) is 9.65. The van der Waals surface area contributed by atoms with Gasteiger partial charge in [-0.05, 0) is 25.3 Å². The van der Waals surface area contributed by atoms with Gasteiger partial charge < -0.3 is 14.0 Å². The van der Waals surface area contributed by atoms with Gasteiger partial charge >= 0.3 is 5.97 Å². The lowest BCUT2D eigenvalue weighted by Gasteiger charge is -2.23. The van der Waals surface area contributed by atoms with Crippen LogP contribution in [0.3, 0.4) is 0 Å². The minimum absolute atomic E-state index is 0.0547. The predicted octanol–water partition coefficient (Wildman–Crippen LogP) is 1.08. The molecule has 0 saturated carbocycles. The quantitative estimate of drug-likeness (QED) is 0.771. The molecule has 1 atom stereocenters. The van der Waals surface area contributed by atoms with Crippen LogP contribution in [0.4, 0.5) is 0 Å². The Morgan fingerprint density at radius 1 is 1.60 bits per heavy atom. The van der Waals surface area contributed by atoms with Crippen LogP contribution >= 0.6 is 0 Å². The summed E-state index contributed by atoms with van der Waals surface area (Å²) in [5, 5.41) is 8.98. The van der Waals surface area contributed by atoms with Crippen molar-refractivity contribution in [2.24, 2.45) is 0 Å². The van der Waals surface area contributed by atoms with Crippen LogP contribution < -0.4 is 5.56 Å². The van der Waals surface area contributed by atoms with E-state index in [9.17, 15) is 9.59 Å². The smallest absolute Gasteiger partial charge is 0.339 e. The third-order valence-corrected chi connectivity index (χ3v) is 3.30. The Morgan fingerprint density at radius 3 is 3.00 bits per heavy atom. The van der Waals surface area contributed by atoms with Gasteiger partial charge in [0, 0.05) is 12.8 Å². The van der Waals surface area contributed by atoms with E-state index >= 15 is 0 Å². The second kappa shape index (κ2) is 6.35. The van der Waals surface area contributed by atoms with E-state index in [0.717, 1.165) is 19.3 Å². The molecule has 0 N–H and O–H groups in total. The number of hydrogen-bond acceptors (Lipinski definition) is 5. The van der Waals surface area contributed by atoms with Crippen molar-refractivity contribution < 1.29 is 14.3 Å². The van der Waals surface area contributed by atoms with Gasteiger partial charge in [0.05, 0.1) is 25.3 Å². The number of ether oxygens (including phenoxy) is 2. The molecule has 6 heteroatoms. The molecular weight excluding hydrogens is 260 g/mol. The van der Waals surface area contributed by atoms with Crippen molar-refractivity contribution in [1.82, 2.24) is 4.57 Å². The highest BCUT2D eigenvalue weighted by atomic mass is 16.5. The van der Waals surface area contributed by atoms with Crippen molar-refractivity contribution in [3.8, 4) is 6.07 Å². The van der Waals surface area contributed by atoms with Crippen LogP contribution in [0, 0.1) is 11.3 Å². The summed E-state index contributed by atoms with van der Waals surface area (Å²) in [6, 6.07) is 3.07. The SMILES string of the molecule is COC(=O)c1cc(C#N)c(=O)n(C[C@@H]2CCCCO2)c1. The van der Waals surface area contributed by atoms with Gasteiger partial charge in [0.2, 0.25) is 0 Å². The summed E-state index contributed by atoms with van der Waals surface area (Å²) in [6.07, 6.45) is 4.32. The van der Waals surface area contributed by atoms with Crippen molar-refractivity contribution in [3.63, 3.8) is 0 Å². The van der Waals surface area contributed by atoms with Crippen LogP contribution in [-0.2, 0) is 16.0 Å². The van der Waals surface area contributed by atoms with Gasteiger partial charge in [0.1, 0.15) is 11.6 Å². The largest absolute Gasteiger partial charge is 0.465 e. The lowest BCUT2D eigenvalue weighted by atomic mass is 10.1. The fourth-order valence-corrected chi connectivity index (χ4v) is 2.25. The first kappa shape index (κ1) is 14.3. The van der Waals surface area contributed by atoms with Crippen LogP contribution in [-0.4, -0.2) is 30.4 Å². The first-order valence-corrected chi connectivity index (χ1v) is 6.50. The third-order valence-electron chi connectivity index (χ3n) is 3.30. The maximum atomic E-state index is 12.1. The zero-order valence-electron chi connectivity index (χ0n) is 11.3. The Morgan fingerprint density at radius 2 is 2.40 bits per heavy atom. The number of nitrogens with zero attached hydrogens (tertiary/aromatic N) is 2. The summed E-state index contributed by atoms with van der Waals surface area (Å²) in [4.78, 5) is 23.6. The summed E-state index contributed by atoms with van der Waals surface area (Å²) < 4.78 is 11.6. The maximum Gasteiger partial charge on any atom is 0.339 e. The Hall–Kier alpha value is -2.13. The Labute approximate surface area is 116 Å². The molecule has 1 aromatic heterocycles. The number of esters is 1. The van der Waals surface area contributed by atoms with E-state index in [4.69, 9.17) is 10.00 Å². The molecule has 0 aliphatic carbocycles. The first-order valence-electron chi connectivity index (χ1n) is 6.50. The average Bonchev–Trinajstić information content (AvgIpc) is 2.49. The van der Waals surface area contributed by atoms with E-state index in [1.165, 1.54) is 23.9 Å². The van der Waals surface area contributed by atoms with E-state index in [-0.39, 0.29) is 17.2 Å². The van der Waals surface area contributed by atoms with Crippen LogP contribution in [0.15, 0.2) is 17.1 Å². The molecule has 2 heterocycles. The fraction of sp³-hybridized carbons (Fsp3) is 0.500. The molecular formula is C14H16N2O4. The van der Waals surface area contributed by atoms with E-state index in [1.54, 1.807) is 0 Å². The van der Waals surface area contributed by atoms with Crippen molar-refractivity contribution in [1.29, 1.82) is 5.26 Å². The maximum absolute atomic E-state index is 12.1. The predicted molar refractivity (Wildman–Crippen MR) is 70.3 cm³/mol. The zero-order valence-corrected chi connectivity index (χ0v) is 11.3. The number of aromatic nitrogens is 1. The molecule has 1 aromatic rings. The molecule has 0 spiro atoms. The van der Waals surface area contributed by atoms with E-state index < -0.39 is 11.5 Å². The van der Waals surface area contributed by atoms with Crippen LogP contribution in [0.5, 0.6) is 0 Å². The molecule has 0 bridgehead atoms. The van der Waals surface area contributed by atoms with Gasteiger partial charge in [-0.2, -0.15) is 5.26 Å². The van der Waals surface area contributed by atoms with E-state index in [1.807, 2.05) is 6.07 Å². The lowest BCUT2D eigenvalue weighted by molar-refractivity contribution is 0.00532. The summed E-state index contributed by atoms with van der Waals surface area (Å²) in [5.41, 5.74) is -0.280.